The Morgan fingerprint density at radius 3 is 3.00 bits per heavy atom. The molecule has 1 amide bonds. The van der Waals surface area contributed by atoms with Crippen LogP contribution in [-0.2, 0) is 0 Å². The number of piperidine rings is 1. The summed E-state index contributed by atoms with van der Waals surface area (Å²) in [5, 5.41) is 3.04. The van der Waals surface area contributed by atoms with Crippen LogP contribution in [0, 0.1) is 5.92 Å². The topological polar surface area (TPSA) is 32.3 Å². The Morgan fingerprint density at radius 1 is 1.47 bits per heavy atom. The smallest absolute Gasteiger partial charge is 0.252 e. The molecule has 3 nitrogen and oxygen atoms in total. The maximum absolute atomic E-state index is 12.2. The fourth-order valence-electron chi connectivity index (χ4n) is 2.44. The highest BCUT2D eigenvalue weighted by Gasteiger charge is 2.18. The van der Waals surface area contributed by atoms with E-state index in [9.17, 15) is 4.79 Å². The Balaban J connectivity index is 1.92. The summed E-state index contributed by atoms with van der Waals surface area (Å²) in [5.74, 6) is 0.551. The number of nitrogens with zero attached hydrogens (tertiary/aromatic N) is 1. The van der Waals surface area contributed by atoms with Crippen molar-refractivity contribution in [3.8, 4) is 0 Å². The monoisotopic (exact) mass is 388 g/mol. The molecule has 1 fully saturated rings. The van der Waals surface area contributed by atoms with Crippen LogP contribution in [0.15, 0.2) is 27.1 Å². The van der Waals surface area contributed by atoms with Crippen molar-refractivity contribution in [1.82, 2.24) is 10.2 Å². The molecule has 0 bridgehead atoms. The summed E-state index contributed by atoms with van der Waals surface area (Å²) in [6.45, 7) is 2.99. The summed E-state index contributed by atoms with van der Waals surface area (Å²) in [6.07, 6.45) is 2.42. The Kier molecular flexibility index (Phi) is 5.42. The maximum Gasteiger partial charge on any atom is 0.252 e. The van der Waals surface area contributed by atoms with Gasteiger partial charge in [0.05, 0.1) is 5.56 Å². The minimum atomic E-state index is -0.0126. The highest BCUT2D eigenvalue weighted by Crippen LogP contribution is 2.21. The van der Waals surface area contributed by atoms with Gasteiger partial charge in [-0.25, -0.2) is 0 Å². The number of halogens is 2. The zero-order chi connectivity index (χ0) is 13.8. The van der Waals surface area contributed by atoms with Crippen LogP contribution in [0.2, 0.25) is 0 Å². The normalized spacial score (nSPS) is 20.3. The molecule has 1 saturated heterocycles. The molecule has 2 rings (SSSR count). The number of hydrogen-bond donors (Lipinski definition) is 1. The van der Waals surface area contributed by atoms with Crippen molar-refractivity contribution in [2.24, 2.45) is 5.92 Å². The summed E-state index contributed by atoms with van der Waals surface area (Å²) in [5.41, 5.74) is 0.679. The van der Waals surface area contributed by atoms with Crippen LogP contribution in [0.25, 0.3) is 0 Å². The zero-order valence-corrected chi connectivity index (χ0v) is 14.1. The summed E-state index contributed by atoms with van der Waals surface area (Å²) < 4.78 is 1.74. The number of benzene rings is 1. The van der Waals surface area contributed by atoms with Crippen molar-refractivity contribution in [3.05, 3.63) is 32.7 Å². The van der Waals surface area contributed by atoms with Crippen molar-refractivity contribution in [1.29, 1.82) is 0 Å². The SMILES string of the molecule is CN1CCCC(CNC(=O)c2cc(Br)ccc2Br)C1. The van der Waals surface area contributed by atoms with Gasteiger partial charge in [0, 0.05) is 22.0 Å². The summed E-state index contributed by atoms with van der Waals surface area (Å²) >= 11 is 6.81. The maximum atomic E-state index is 12.2. The first kappa shape index (κ1) is 15.0. The van der Waals surface area contributed by atoms with Crippen molar-refractivity contribution in [2.75, 3.05) is 26.7 Å². The molecule has 0 radical (unpaired) electrons. The van der Waals surface area contributed by atoms with Gasteiger partial charge in [-0.2, -0.15) is 0 Å². The third-order valence-electron chi connectivity index (χ3n) is 3.45. The van der Waals surface area contributed by atoms with Gasteiger partial charge in [0.15, 0.2) is 0 Å². The van der Waals surface area contributed by atoms with Gasteiger partial charge in [-0.1, -0.05) is 15.9 Å². The van der Waals surface area contributed by atoms with E-state index >= 15 is 0 Å². The van der Waals surface area contributed by atoms with Gasteiger partial charge in [-0.15, -0.1) is 0 Å². The molecule has 1 aromatic rings. The van der Waals surface area contributed by atoms with Gasteiger partial charge < -0.3 is 10.2 Å². The number of nitrogens with one attached hydrogen (secondary N) is 1. The van der Waals surface area contributed by atoms with Gasteiger partial charge in [-0.05, 0) is 66.5 Å². The van der Waals surface area contributed by atoms with Crippen LogP contribution >= 0.6 is 31.9 Å². The molecule has 1 N–H and O–H groups in total. The van der Waals surface area contributed by atoms with Gasteiger partial charge in [0.1, 0.15) is 0 Å². The second-order valence-corrected chi connectivity index (χ2v) is 6.87. The first-order valence-corrected chi connectivity index (χ1v) is 8.06. The van der Waals surface area contributed by atoms with E-state index in [1.807, 2.05) is 18.2 Å². The van der Waals surface area contributed by atoms with Crippen LogP contribution in [0.5, 0.6) is 0 Å². The lowest BCUT2D eigenvalue weighted by Crippen LogP contribution is -2.39. The van der Waals surface area contributed by atoms with Gasteiger partial charge >= 0.3 is 0 Å². The Hall–Kier alpha value is -0.390. The lowest BCUT2D eigenvalue weighted by Gasteiger charge is -2.29. The lowest BCUT2D eigenvalue weighted by atomic mass is 9.98. The second kappa shape index (κ2) is 6.86. The molecule has 1 atom stereocenters. The molecular formula is C14H18Br2N2O. The van der Waals surface area contributed by atoms with Crippen molar-refractivity contribution in [2.45, 2.75) is 12.8 Å². The van der Waals surface area contributed by atoms with Crippen molar-refractivity contribution >= 4 is 37.8 Å². The van der Waals surface area contributed by atoms with E-state index in [2.05, 4.69) is 49.1 Å². The molecule has 0 saturated carbocycles. The summed E-state index contributed by atoms with van der Waals surface area (Å²) in [4.78, 5) is 14.5. The molecule has 0 aromatic heterocycles. The standard InChI is InChI=1S/C14H18Br2N2O/c1-18-6-2-3-10(9-18)8-17-14(19)12-7-11(15)4-5-13(12)16/h4-5,7,10H,2-3,6,8-9H2,1H3,(H,17,19). The van der Waals surface area contributed by atoms with Crippen LogP contribution in [0.4, 0.5) is 0 Å². The van der Waals surface area contributed by atoms with Gasteiger partial charge in [-0.3, -0.25) is 4.79 Å². The number of amides is 1. The van der Waals surface area contributed by atoms with Crippen LogP contribution in [0.1, 0.15) is 23.2 Å². The minimum absolute atomic E-state index is 0.0126. The Bertz CT molecular complexity index is 465. The highest BCUT2D eigenvalue weighted by atomic mass is 79.9. The molecular weight excluding hydrogens is 372 g/mol. The van der Waals surface area contributed by atoms with Gasteiger partial charge in [0.25, 0.3) is 5.91 Å². The third kappa shape index (κ3) is 4.29. The number of hydrogen-bond acceptors (Lipinski definition) is 2. The summed E-state index contributed by atoms with van der Waals surface area (Å²) in [7, 11) is 2.14. The minimum Gasteiger partial charge on any atom is -0.352 e. The second-order valence-electron chi connectivity index (χ2n) is 5.10. The van der Waals surface area contributed by atoms with E-state index in [-0.39, 0.29) is 5.91 Å². The predicted molar refractivity (Wildman–Crippen MR) is 84.4 cm³/mol. The van der Waals surface area contributed by atoms with E-state index in [1.165, 1.54) is 19.4 Å². The molecule has 1 heterocycles. The number of rotatable bonds is 3. The van der Waals surface area contributed by atoms with E-state index < -0.39 is 0 Å². The number of carbonyl (C=O) groups excluding carboxylic acids is 1. The average Bonchev–Trinajstić information content (AvgIpc) is 2.39. The number of carbonyl (C=O) groups is 1. The van der Waals surface area contributed by atoms with Crippen molar-refractivity contribution in [3.63, 3.8) is 0 Å². The van der Waals surface area contributed by atoms with Crippen LogP contribution < -0.4 is 5.32 Å². The van der Waals surface area contributed by atoms with E-state index in [0.717, 1.165) is 22.0 Å². The Morgan fingerprint density at radius 2 is 2.26 bits per heavy atom. The van der Waals surface area contributed by atoms with E-state index in [4.69, 9.17) is 0 Å². The largest absolute Gasteiger partial charge is 0.352 e. The zero-order valence-electron chi connectivity index (χ0n) is 11.0. The molecule has 1 aromatic carbocycles. The summed E-state index contributed by atoms with van der Waals surface area (Å²) in [6, 6.07) is 5.64. The van der Waals surface area contributed by atoms with Crippen molar-refractivity contribution < 1.29 is 4.79 Å². The molecule has 0 aliphatic carbocycles. The molecule has 1 unspecified atom stereocenters. The molecule has 5 heteroatoms. The molecule has 19 heavy (non-hydrogen) atoms. The highest BCUT2D eigenvalue weighted by molar-refractivity contribution is 9.11. The molecule has 1 aliphatic heterocycles. The average molecular weight is 390 g/mol. The molecule has 0 spiro atoms. The first-order chi connectivity index (χ1) is 9.06. The fraction of sp³-hybridized carbons (Fsp3) is 0.500. The number of likely N-dealkylation sites (tertiary alicyclic amines) is 1. The van der Waals surface area contributed by atoms with Crippen LogP contribution in [0.3, 0.4) is 0 Å². The van der Waals surface area contributed by atoms with Gasteiger partial charge in [0.2, 0.25) is 0 Å². The Labute approximate surface area is 131 Å². The van der Waals surface area contributed by atoms with E-state index in [1.54, 1.807) is 0 Å². The molecule has 104 valence electrons. The molecule has 1 aliphatic rings. The fourth-order valence-corrected chi connectivity index (χ4v) is 3.23. The lowest BCUT2D eigenvalue weighted by molar-refractivity contribution is 0.0936. The predicted octanol–water partition coefficient (Wildman–Crippen LogP) is 3.28. The first-order valence-electron chi connectivity index (χ1n) is 6.48. The van der Waals surface area contributed by atoms with Crippen LogP contribution in [-0.4, -0.2) is 37.5 Å². The van der Waals surface area contributed by atoms with E-state index in [0.29, 0.717) is 11.5 Å². The third-order valence-corrected chi connectivity index (χ3v) is 4.63. The quantitative estimate of drug-likeness (QED) is 0.860.